The molecular formula is C16H23ClN4O3S. The van der Waals surface area contributed by atoms with E-state index >= 15 is 0 Å². The quantitative estimate of drug-likeness (QED) is 0.717. The molecule has 0 saturated heterocycles. The fourth-order valence-corrected chi connectivity index (χ4v) is 2.60. The first-order valence-electron chi connectivity index (χ1n) is 7.58. The van der Waals surface area contributed by atoms with E-state index in [2.05, 4.69) is 15.5 Å². The van der Waals surface area contributed by atoms with Gasteiger partial charge >= 0.3 is 0 Å². The lowest BCUT2D eigenvalue weighted by atomic mass is 10.2. The molecule has 0 aliphatic rings. The summed E-state index contributed by atoms with van der Waals surface area (Å²) in [7, 11) is 1.58. The maximum atomic E-state index is 12.1. The van der Waals surface area contributed by atoms with Gasteiger partial charge < -0.3 is 20.3 Å². The van der Waals surface area contributed by atoms with Gasteiger partial charge in [0.05, 0.1) is 18.7 Å². The number of nitrogens with two attached hydrogens (primary N) is 1. The van der Waals surface area contributed by atoms with Crippen LogP contribution in [0.5, 0.6) is 5.75 Å². The molecule has 0 spiro atoms. The summed E-state index contributed by atoms with van der Waals surface area (Å²) in [5.41, 5.74) is 6.58. The topological polar surface area (TPSA) is 103 Å². The van der Waals surface area contributed by atoms with Crippen molar-refractivity contribution in [3.63, 3.8) is 0 Å². The molecule has 0 bridgehead atoms. The molecule has 9 heteroatoms. The highest BCUT2D eigenvalue weighted by Gasteiger charge is 2.21. The van der Waals surface area contributed by atoms with Gasteiger partial charge in [-0.3, -0.25) is 4.79 Å². The maximum absolute atomic E-state index is 12.1. The van der Waals surface area contributed by atoms with Crippen LogP contribution in [-0.4, -0.2) is 41.2 Å². The van der Waals surface area contributed by atoms with E-state index in [1.165, 1.54) is 0 Å². The Kier molecular flexibility index (Phi) is 8.74. The zero-order valence-electron chi connectivity index (χ0n) is 14.4. The first kappa shape index (κ1) is 21.3. The number of carbonyl (C=O) groups excluding carboxylic acids is 1. The van der Waals surface area contributed by atoms with E-state index in [4.69, 9.17) is 15.0 Å². The second-order valence-electron chi connectivity index (χ2n) is 5.27. The van der Waals surface area contributed by atoms with Crippen LogP contribution in [0.15, 0.2) is 28.8 Å². The standard InChI is InChI=1S/C16H22N4O3S.ClH/c1-10(18-15(21)12(17)8-9-24-3)16-19-14(20-23-16)11-6-4-5-7-13(11)22-2;/h4-7,10,12H,8-9,17H2,1-3H3,(H,18,21);1H/t10?,12-;/m0./s1. The summed E-state index contributed by atoms with van der Waals surface area (Å²) in [4.78, 5) is 16.4. The van der Waals surface area contributed by atoms with Crippen molar-refractivity contribution in [3.8, 4) is 17.1 Å². The van der Waals surface area contributed by atoms with Crippen molar-refractivity contribution in [1.82, 2.24) is 15.5 Å². The third-order valence-electron chi connectivity index (χ3n) is 3.49. The summed E-state index contributed by atoms with van der Waals surface area (Å²) in [5, 5.41) is 6.76. The normalized spacial score (nSPS) is 12.8. The molecule has 1 unspecified atom stereocenters. The summed E-state index contributed by atoms with van der Waals surface area (Å²) in [5.74, 6) is 1.99. The predicted octanol–water partition coefficient (Wildman–Crippen LogP) is 2.42. The van der Waals surface area contributed by atoms with E-state index in [0.717, 1.165) is 11.3 Å². The zero-order valence-corrected chi connectivity index (χ0v) is 16.0. The Labute approximate surface area is 157 Å². The molecule has 25 heavy (non-hydrogen) atoms. The average Bonchev–Trinajstić information content (AvgIpc) is 3.09. The van der Waals surface area contributed by atoms with Crippen LogP contribution in [-0.2, 0) is 4.79 Å². The fraction of sp³-hybridized carbons (Fsp3) is 0.438. The number of nitrogens with one attached hydrogen (secondary N) is 1. The van der Waals surface area contributed by atoms with Crippen LogP contribution in [0.25, 0.3) is 11.4 Å². The molecule has 1 aromatic carbocycles. The third kappa shape index (κ3) is 5.62. The van der Waals surface area contributed by atoms with E-state index in [9.17, 15) is 4.79 Å². The number of halogens is 1. The zero-order chi connectivity index (χ0) is 17.5. The van der Waals surface area contributed by atoms with Gasteiger partial charge in [-0.2, -0.15) is 16.7 Å². The highest BCUT2D eigenvalue weighted by molar-refractivity contribution is 7.98. The Balaban J connectivity index is 0.00000312. The van der Waals surface area contributed by atoms with Crippen LogP contribution < -0.4 is 15.8 Å². The predicted molar refractivity (Wildman–Crippen MR) is 101 cm³/mol. The van der Waals surface area contributed by atoms with Crippen molar-refractivity contribution in [1.29, 1.82) is 0 Å². The van der Waals surface area contributed by atoms with Crippen molar-refractivity contribution >= 4 is 30.1 Å². The highest BCUT2D eigenvalue weighted by atomic mass is 35.5. The van der Waals surface area contributed by atoms with Gasteiger partial charge in [0.2, 0.25) is 17.6 Å². The average molecular weight is 387 g/mol. The van der Waals surface area contributed by atoms with Crippen LogP contribution in [0, 0.1) is 0 Å². The molecule has 0 aliphatic heterocycles. The minimum absolute atomic E-state index is 0. The summed E-state index contributed by atoms with van der Waals surface area (Å²) < 4.78 is 10.6. The SMILES string of the molecule is COc1ccccc1-c1noc(C(C)NC(=O)[C@@H](N)CCSC)n1.Cl. The number of amides is 1. The van der Waals surface area contributed by atoms with E-state index < -0.39 is 12.1 Å². The van der Waals surface area contributed by atoms with Gasteiger partial charge in [-0.1, -0.05) is 17.3 Å². The molecule has 2 atom stereocenters. The van der Waals surface area contributed by atoms with Crippen molar-refractivity contribution < 1.29 is 14.1 Å². The Bertz CT molecular complexity index is 683. The number of carbonyl (C=O) groups is 1. The lowest BCUT2D eigenvalue weighted by Crippen LogP contribution is -2.42. The van der Waals surface area contributed by atoms with E-state index in [1.54, 1.807) is 25.8 Å². The van der Waals surface area contributed by atoms with Crippen molar-refractivity contribution in [2.75, 3.05) is 19.1 Å². The fourth-order valence-electron chi connectivity index (χ4n) is 2.11. The van der Waals surface area contributed by atoms with Gasteiger partial charge in [0.15, 0.2) is 0 Å². The molecule has 3 N–H and O–H groups in total. The minimum atomic E-state index is -0.545. The van der Waals surface area contributed by atoms with Crippen LogP contribution >= 0.6 is 24.2 Å². The number of rotatable bonds is 8. The van der Waals surface area contributed by atoms with Gasteiger partial charge in [-0.05, 0) is 37.5 Å². The van der Waals surface area contributed by atoms with Gasteiger partial charge in [-0.15, -0.1) is 12.4 Å². The summed E-state index contributed by atoms with van der Waals surface area (Å²) >= 11 is 1.65. The number of hydrogen-bond donors (Lipinski definition) is 2. The molecule has 0 radical (unpaired) electrons. The van der Waals surface area contributed by atoms with Crippen LogP contribution in [0.3, 0.4) is 0 Å². The monoisotopic (exact) mass is 386 g/mol. The summed E-state index contributed by atoms with van der Waals surface area (Å²) in [6, 6.07) is 6.42. The minimum Gasteiger partial charge on any atom is -0.496 e. The van der Waals surface area contributed by atoms with Crippen molar-refractivity contribution in [3.05, 3.63) is 30.2 Å². The molecule has 7 nitrogen and oxygen atoms in total. The molecule has 1 heterocycles. The summed E-state index contributed by atoms with van der Waals surface area (Å²) in [6.07, 6.45) is 2.60. The second kappa shape index (κ2) is 10.3. The maximum Gasteiger partial charge on any atom is 0.249 e. The van der Waals surface area contributed by atoms with Gasteiger partial charge in [-0.25, -0.2) is 0 Å². The van der Waals surface area contributed by atoms with Crippen molar-refractivity contribution in [2.45, 2.75) is 25.4 Å². The molecular weight excluding hydrogens is 364 g/mol. The number of nitrogens with zero attached hydrogens (tertiary/aromatic N) is 2. The molecule has 138 valence electrons. The Morgan fingerprint density at radius 2 is 2.16 bits per heavy atom. The summed E-state index contributed by atoms with van der Waals surface area (Å²) in [6.45, 7) is 1.78. The van der Waals surface area contributed by atoms with Gasteiger partial charge in [0, 0.05) is 0 Å². The number of thioether (sulfide) groups is 1. The second-order valence-corrected chi connectivity index (χ2v) is 6.26. The first-order valence-corrected chi connectivity index (χ1v) is 8.98. The van der Waals surface area contributed by atoms with Crippen LogP contribution in [0.4, 0.5) is 0 Å². The molecule has 2 rings (SSSR count). The van der Waals surface area contributed by atoms with Crippen molar-refractivity contribution in [2.24, 2.45) is 5.73 Å². The number of para-hydroxylation sites is 1. The third-order valence-corrected chi connectivity index (χ3v) is 4.13. The number of methoxy groups -OCH3 is 1. The Morgan fingerprint density at radius 1 is 1.44 bits per heavy atom. The lowest BCUT2D eigenvalue weighted by molar-refractivity contribution is -0.123. The van der Waals surface area contributed by atoms with Gasteiger partial charge in [0.25, 0.3) is 0 Å². The Morgan fingerprint density at radius 3 is 2.84 bits per heavy atom. The molecule has 1 aromatic heterocycles. The van der Waals surface area contributed by atoms with E-state index in [1.807, 2.05) is 30.5 Å². The molecule has 2 aromatic rings. The van der Waals surface area contributed by atoms with Gasteiger partial charge in [0.1, 0.15) is 11.8 Å². The molecule has 1 amide bonds. The molecule has 0 fully saturated rings. The lowest BCUT2D eigenvalue weighted by Gasteiger charge is -2.14. The number of benzene rings is 1. The first-order chi connectivity index (χ1) is 11.6. The highest BCUT2D eigenvalue weighted by Crippen LogP contribution is 2.27. The molecule has 0 saturated carbocycles. The number of ether oxygens (including phenoxy) is 1. The smallest absolute Gasteiger partial charge is 0.249 e. The van der Waals surface area contributed by atoms with Crippen LogP contribution in [0.1, 0.15) is 25.3 Å². The number of aromatic nitrogens is 2. The van der Waals surface area contributed by atoms with E-state index in [-0.39, 0.29) is 18.3 Å². The largest absolute Gasteiger partial charge is 0.496 e. The number of hydrogen-bond acceptors (Lipinski definition) is 7. The Hall–Kier alpha value is -1.77. The van der Waals surface area contributed by atoms with Crippen LogP contribution in [0.2, 0.25) is 0 Å². The van der Waals surface area contributed by atoms with E-state index in [0.29, 0.717) is 23.9 Å². The molecule has 0 aliphatic carbocycles.